The maximum atomic E-state index is 12.9. The highest BCUT2D eigenvalue weighted by atomic mass is 16.5. The Morgan fingerprint density at radius 3 is 2.65 bits per heavy atom. The maximum absolute atomic E-state index is 12.9. The zero-order valence-corrected chi connectivity index (χ0v) is 16.9. The van der Waals surface area contributed by atoms with Crippen LogP contribution in [0.4, 0.5) is 0 Å². The minimum absolute atomic E-state index is 0.0912. The first-order valence-electron chi connectivity index (χ1n) is 10.2. The second-order valence-corrected chi connectivity index (χ2v) is 7.40. The molecule has 0 amide bonds. The van der Waals surface area contributed by atoms with Crippen LogP contribution >= 0.6 is 0 Å². The number of Topliss-reactive ketones (excluding diaryl/α,β-unsaturated/α-hetero) is 1. The molecule has 1 unspecified atom stereocenters. The van der Waals surface area contributed by atoms with E-state index in [1.54, 1.807) is 18.2 Å². The van der Waals surface area contributed by atoms with Crippen LogP contribution in [0, 0.1) is 0 Å². The van der Waals surface area contributed by atoms with Gasteiger partial charge in [-0.1, -0.05) is 54.6 Å². The van der Waals surface area contributed by atoms with Crippen LogP contribution < -0.4 is 9.47 Å². The maximum Gasteiger partial charge on any atom is 0.198 e. The predicted molar refractivity (Wildman–Crippen MR) is 117 cm³/mol. The first-order chi connectivity index (χ1) is 15.3. The number of fused-ring (bicyclic) bond motifs is 2. The fourth-order valence-electron chi connectivity index (χ4n) is 3.57. The van der Waals surface area contributed by atoms with Crippen LogP contribution in [0.3, 0.4) is 0 Å². The van der Waals surface area contributed by atoms with Gasteiger partial charge in [0.05, 0.1) is 23.4 Å². The number of hydrogen-bond donors (Lipinski definition) is 0. The van der Waals surface area contributed by atoms with Gasteiger partial charge in [-0.3, -0.25) is 4.79 Å². The number of carbonyl (C=O) groups is 1. The number of ether oxygens (including phenoxy) is 3. The summed E-state index contributed by atoms with van der Waals surface area (Å²) in [5, 5.41) is 1.09. The van der Waals surface area contributed by atoms with Gasteiger partial charge in [-0.05, 0) is 35.9 Å². The molecule has 1 atom stereocenters. The lowest BCUT2D eigenvalue weighted by Gasteiger charge is -2.24. The number of rotatable bonds is 6. The second kappa shape index (κ2) is 8.58. The van der Waals surface area contributed by atoms with Crippen molar-refractivity contribution < 1.29 is 19.0 Å². The first-order valence-corrected chi connectivity index (χ1v) is 10.2. The number of ketones is 1. The van der Waals surface area contributed by atoms with Crippen molar-refractivity contribution in [1.82, 2.24) is 4.98 Å². The molecule has 5 nitrogen and oxygen atoms in total. The minimum atomic E-state index is -0.634. The van der Waals surface area contributed by atoms with Gasteiger partial charge in [-0.25, -0.2) is 4.98 Å². The zero-order chi connectivity index (χ0) is 21.0. The minimum Gasteiger partial charge on any atom is -0.490 e. The Hall–Kier alpha value is -3.70. The molecule has 0 aliphatic carbocycles. The van der Waals surface area contributed by atoms with Crippen molar-refractivity contribution in [2.45, 2.75) is 19.3 Å². The molecule has 154 valence electrons. The van der Waals surface area contributed by atoms with E-state index in [0.717, 1.165) is 22.2 Å². The molecule has 0 spiro atoms. The zero-order valence-electron chi connectivity index (χ0n) is 16.9. The topological polar surface area (TPSA) is 57.7 Å². The highest BCUT2D eigenvalue weighted by Crippen LogP contribution is 2.30. The van der Waals surface area contributed by atoms with E-state index < -0.39 is 6.10 Å². The third-order valence-electron chi connectivity index (χ3n) is 5.24. The highest BCUT2D eigenvalue weighted by Gasteiger charge is 2.30. The molecule has 1 aliphatic heterocycles. The highest BCUT2D eigenvalue weighted by molar-refractivity contribution is 6.03. The average Bonchev–Trinajstić information content (AvgIpc) is 2.83. The molecule has 3 aromatic carbocycles. The van der Waals surface area contributed by atoms with E-state index >= 15 is 0 Å². The van der Waals surface area contributed by atoms with Crippen LogP contribution in [0.5, 0.6) is 11.5 Å². The second-order valence-electron chi connectivity index (χ2n) is 7.40. The molecule has 0 radical (unpaired) electrons. The van der Waals surface area contributed by atoms with Crippen molar-refractivity contribution in [2.24, 2.45) is 0 Å². The van der Waals surface area contributed by atoms with Gasteiger partial charge in [0, 0.05) is 5.39 Å². The molecular formula is C26H21NO4. The molecule has 0 saturated heterocycles. The van der Waals surface area contributed by atoms with Crippen molar-refractivity contribution >= 4 is 16.7 Å². The first kappa shape index (κ1) is 19.3. The van der Waals surface area contributed by atoms with Crippen LogP contribution in [0.15, 0.2) is 84.9 Å². The quantitative estimate of drug-likeness (QED) is 0.448. The molecule has 1 aromatic heterocycles. The summed E-state index contributed by atoms with van der Waals surface area (Å²) in [6.45, 7) is 0.881. The third-order valence-corrected chi connectivity index (χ3v) is 5.24. The molecule has 0 bridgehead atoms. The molecule has 31 heavy (non-hydrogen) atoms. The molecule has 2 heterocycles. The van der Waals surface area contributed by atoms with Crippen molar-refractivity contribution in [3.63, 3.8) is 0 Å². The number of para-hydroxylation sites is 1. The fraction of sp³-hybridized carbons (Fsp3) is 0.154. The monoisotopic (exact) mass is 411 g/mol. The number of benzene rings is 3. The van der Waals surface area contributed by atoms with E-state index in [0.29, 0.717) is 30.3 Å². The van der Waals surface area contributed by atoms with Crippen LogP contribution in [0.2, 0.25) is 0 Å². The number of hydrogen-bond acceptors (Lipinski definition) is 5. The number of carbonyl (C=O) groups excluding carboxylic acids is 1. The Bertz CT molecular complexity index is 1220. The molecular weight excluding hydrogens is 390 g/mol. The molecule has 0 fully saturated rings. The molecule has 4 aromatic rings. The number of pyridine rings is 1. The Balaban J connectivity index is 1.27. The van der Waals surface area contributed by atoms with E-state index in [1.165, 1.54) is 0 Å². The summed E-state index contributed by atoms with van der Waals surface area (Å²) in [5.74, 6) is 1.06. The van der Waals surface area contributed by atoms with Gasteiger partial charge in [0.15, 0.2) is 11.9 Å². The summed E-state index contributed by atoms with van der Waals surface area (Å²) in [6, 6.07) is 27.0. The summed E-state index contributed by atoms with van der Waals surface area (Å²) >= 11 is 0. The van der Waals surface area contributed by atoms with Crippen molar-refractivity contribution in [3.8, 4) is 11.5 Å². The molecule has 5 rings (SSSR count). The molecule has 0 saturated carbocycles. The summed E-state index contributed by atoms with van der Waals surface area (Å²) in [7, 11) is 0. The van der Waals surface area contributed by atoms with Crippen molar-refractivity contribution in [2.75, 3.05) is 6.61 Å². The molecule has 5 heteroatoms. The fourth-order valence-corrected chi connectivity index (χ4v) is 3.57. The summed E-state index contributed by atoms with van der Waals surface area (Å²) < 4.78 is 17.5. The number of aromatic nitrogens is 1. The summed E-state index contributed by atoms with van der Waals surface area (Å²) in [4.78, 5) is 17.6. The van der Waals surface area contributed by atoms with Gasteiger partial charge in [-0.15, -0.1) is 0 Å². The van der Waals surface area contributed by atoms with Gasteiger partial charge >= 0.3 is 0 Å². The third kappa shape index (κ3) is 4.27. The smallest absolute Gasteiger partial charge is 0.198 e. The standard InChI is InChI=1S/C26H21NO4/c28-26-22-14-21(29-16-20-11-10-19-8-4-5-9-23(19)27-20)12-13-24(22)31-17-25(26)30-15-18-6-2-1-3-7-18/h1-14,25H,15-17H2. The van der Waals surface area contributed by atoms with Gasteiger partial charge < -0.3 is 14.2 Å². The lowest BCUT2D eigenvalue weighted by molar-refractivity contribution is 0.00797. The van der Waals surface area contributed by atoms with Gasteiger partial charge in [0.25, 0.3) is 0 Å². The lowest BCUT2D eigenvalue weighted by Crippen LogP contribution is -2.35. The Morgan fingerprint density at radius 1 is 0.903 bits per heavy atom. The average molecular weight is 411 g/mol. The summed E-state index contributed by atoms with van der Waals surface area (Å²) in [5.41, 5.74) is 3.24. The van der Waals surface area contributed by atoms with Crippen LogP contribution in [-0.4, -0.2) is 23.5 Å². The molecule has 0 N–H and O–H groups in total. The van der Waals surface area contributed by atoms with Crippen molar-refractivity contribution in [3.05, 3.63) is 102 Å². The van der Waals surface area contributed by atoms with E-state index in [-0.39, 0.29) is 12.4 Å². The largest absolute Gasteiger partial charge is 0.490 e. The van der Waals surface area contributed by atoms with E-state index in [2.05, 4.69) is 4.98 Å². The Morgan fingerprint density at radius 2 is 1.74 bits per heavy atom. The van der Waals surface area contributed by atoms with Crippen molar-refractivity contribution in [1.29, 1.82) is 0 Å². The Kier molecular flexibility index (Phi) is 5.33. The summed E-state index contributed by atoms with van der Waals surface area (Å²) in [6.07, 6.45) is -0.634. The van der Waals surface area contributed by atoms with Crippen LogP contribution in [-0.2, 0) is 18.0 Å². The van der Waals surface area contributed by atoms with Crippen LogP contribution in [0.25, 0.3) is 10.9 Å². The van der Waals surface area contributed by atoms with Gasteiger partial charge in [0.2, 0.25) is 0 Å². The number of nitrogens with zero attached hydrogens (tertiary/aromatic N) is 1. The SMILES string of the molecule is O=C1c2cc(OCc3ccc4ccccc4n3)ccc2OCC1OCc1ccccc1. The normalized spacial score (nSPS) is 15.4. The Labute approximate surface area is 180 Å². The van der Waals surface area contributed by atoms with E-state index in [1.807, 2.05) is 66.7 Å². The molecule has 1 aliphatic rings. The van der Waals surface area contributed by atoms with Gasteiger partial charge in [-0.2, -0.15) is 0 Å². The van der Waals surface area contributed by atoms with Gasteiger partial charge in [0.1, 0.15) is 24.7 Å². The van der Waals surface area contributed by atoms with Crippen LogP contribution in [0.1, 0.15) is 21.6 Å². The predicted octanol–water partition coefficient (Wildman–Crippen LogP) is 4.97. The lowest BCUT2D eigenvalue weighted by atomic mass is 10.0. The van der Waals surface area contributed by atoms with E-state index in [4.69, 9.17) is 14.2 Å². The van der Waals surface area contributed by atoms with E-state index in [9.17, 15) is 4.79 Å².